The van der Waals surface area contributed by atoms with Gasteiger partial charge in [0.15, 0.2) is 5.16 Å². The van der Waals surface area contributed by atoms with Crippen LogP contribution in [0.15, 0.2) is 70.6 Å². The van der Waals surface area contributed by atoms with Gasteiger partial charge in [-0.3, -0.25) is 4.57 Å². The van der Waals surface area contributed by atoms with Crippen LogP contribution in [-0.2, 0) is 5.75 Å². The maximum absolute atomic E-state index is 5.38. The van der Waals surface area contributed by atoms with Crippen molar-refractivity contribution >= 4 is 11.8 Å². The molecule has 0 spiro atoms. The fourth-order valence-electron chi connectivity index (χ4n) is 2.80. The lowest BCUT2D eigenvalue weighted by Crippen LogP contribution is -1.98. The van der Waals surface area contributed by atoms with E-state index in [1.807, 2.05) is 42.7 Å². The predicted molar refractivity (Wildman–Crippen MR) is 102 cm³/mol. The number of thioether (sulfide) groups is 1. The minimum Gasteiger partial charge on any atom is -0.338 e. The average Bonchev–Trinajstić information content (AvgIpc) is 3.30. The third-order valence-corrected chi connectivity index (χ3v) is 5.00. The van der Waals surface area contributed by atoms with Crippen LogP contribution in [0.3, 0.4) is 0 Å². The lowest BCUT2D eigenvalue weighted by molar-refractivity contribution is 0.391. The van der Waals surface area contributed by atoms with Crippen molar-refractivity contribution in [1.29, 1.82) is 0 Å². The molecule has 0 amide bonds. The van der Waals surface area contributed by atoms with Gasteiger partial charge in [0.1, 0.15) is 0 Å². The topological polar surface area (TPSA) is 56.7 Å². The van der Waals surface area contributed by atoms with Crippen molar-refractivity contribution in [2.24, 2.45) is 0 Å². The molecule has 130 valence electrons. The highest BCUT2D eigenvalue weighted by molar-refractivity contribution is 7.98. The molecule has 0 bridgehead atoms. The van der Waals surface area contributed by atoms with E-state index in [0.717, 1.165) is 16.4 Å². The molecule has 2 aromatic carbocycles. The van der Waals surface area contributed by atoms with Crippen LogP contribution >= 0.6 is 11.8 Å². The molecule has 26 heavy (non-hydrogen) atoms. The van der Waals surface area contributed by atoms with E-state index in [2.05, 4.69) is 51.7 Å². The maximum atomic E-state index is 5.38. The molecule has 2 heterocycles. The number of aromatic nitrogens is 4. The number of benzene rings is 2. The minimum atomic E-state index is 0.571. The van der Waals surface area contributed by atoms with E-state index in [1.54, 1.807) is 11.8 Å². The highest BCUT2D eigenvalue weighted by atomic mass is 32.2. The quantitative estimate of drug-likeness (QED) is 0.476. The molecule has 0 saturated heterocycles. The molecule has 0 aliphatic heterocycles. The first-order chi connectivity index (χ1) is 12.7. The third kappa shape index (κ3) is 3.41. The number of aryl methyl sites for hydroxylation is 2. The number of imidazole rings is 1. The first-order valence-electron chi connectivity index (χ1n) is 8.32. The van der Waals surface area contributed by atoms with Crippen molar-refractivity contribution in [3.63, 3.8) is 0 Å². The lowest BCUT2D eigenvalue weighted by Gasteiger charge is -2.10. The van der Waals surface area contributed by atoms with Crippen LogP contribution in [0, 0.1) is 13.8 Å². The summed E-state index contributed by atoms with van der Waals surface area (Å²) in [5.41, 5.74) is 4.55. The number of rotatable bonds is 5. The lowest BCUT2D eigenvalue weighted by atomic mass is 10.1. The predicted octanol–water partition coefficient (Wildman–Crippen LogP) is 4.83. The molecule has 4 aromatic rings. The normalized spacial score (nSPS) is 11.0. The van der Waals surface area contributed by atoms with Gasteiger partial charge < -0.3 is 4.52 Å². The zero-order chi connectivity index (χ0) is 17.9. The van der Waals surface area contributed by atoms with Gasteiger partial charge in [0.05, 0.1) is 11.4 Å². The van der Waals surface area contributed by atoms with Gasteiger partial charge in [-0.1, -0.05) is 64.9 Å². The molecule has 0 saturated carbocycles. The van der Waals surface area contributed by atoms with Gasteiger partial charge in [-0.15, -0.1) is 0 Å². The molecule has 0 radical (unpaired) electrons. The smallest absolute Gasteiger partial charge is 0.237 e. The van der Waals surface area contributed by atoms with Crippen LogP contribution in [0.5, 0.6) is 0 Å². The third-order valence-electron chi connectivity index (χ3n) is 4.04. The van der Waals surface area contributed by atoms with Crippen LogP contribution in [0.4, 0.5) is 0 Å². The molecule has 0 atom stereocenters. The molecule has 4 rings (SSSR count). The summed E-state index contributed by atoms with van der Waals surface area (Å²) in [6, 6.07) is 16.2. The summed E-state index contributed by atoms with van der Waals surface area (Å²) in [4.78, 5) is 8.95. The number of hydrogen-bond acceptors (Lipinski definition) is 5. The van der Waals surface area contributed by atoms with Crippen molar-refractivity contribution in [2.45, 2.75) is 24.8 Å². The monoisotopic (exact) mass is 362 g/mol. The fraction of sp³-hybridized carbons (Fsp3) is 0.150. The molecular weight excluding hydrogens is 344 g/mol. The van der Waals surface area contributed by atoms with Crippen molar-refractivity contribution < 1.29 is 4.52 Å². The molecular formula is C20H18N4OS. The molecule has 5 nitrogen and oxygen atoms in total. The van der Waals surface area contributed by atoms with E-state index in [4.69, 9.17) is 4.52 Å². The zero-order valence-electron chi connectivity index (χ0n) is 14.6. The summed E-state index contributed by atoms with van der Waals surface area (Å²) in [6.45, 7) is 4.21. The molecule has 0 aliphatic carbocycles. The highest BCUT2D eigenvalue weighted by Gasteiger charge is 2.12. The standard InChI is InChI=1S/C20H18N4OS/c1-14-8-9-17(15(2)12-14)24-11-10-21-20(24)26-13-18-22-19(23-25-18)16-6-4-3-5-7-16/h3-12H,13H2,1-2H3. The first kappa shape index (κ1) is 16.6. The summed E-state index contributed by atoms with van der Waals surface area (Å²) in [5.74, 6) is 1.77. The zero-order valence-corrected chi connectivity index (χ0v) is 15.4. The Balaban J connectivity index is 1.51. The molecule has 0 aliphatic rings. The molecule has 6 heteroatoms. The Hall–Kier alpha value is -2.86. The van der Waals surface area contributed by atoms with Gasteiger partial charge in [0.2, 0.25) is 11.7 Å². The van der Waals surface area contributed by atoms with Gasteiger partial charge in [0.25, 0.3) is 0 Å². The van der Waals surface area contributed by atoms with Gasteiger partial charge >= 0.3 is 0 Å². The van der Waals surface area contributed by atoms with E-state index in [1.165, 1.54) is 11.1 Å². The number of nitrogens with zero attached hydrogens (tertiary/aromatic N) is 4. The van der Waals surface area contributed by atoms with Crippen molar-refractivity contribution in [3.05, 3.63) is 77.9 Å². The fourth-order valence-corrected chi connectivity index (χ4v) is 3.60. The Bertz CT molecular complexity index is 1020. The van der Waals surface area contributed by atoms with E-state index >= 15 is 0 Å². The first-order valence-corrected chi connectivity index (χ1v) is 9.31. The molecule has 2 aromatic heterocycles. The van der Waals surface area contributed by atoms with E-state index in [9.17, 15) is 0 Å². The maximum Gasteiger partial charge on any atom is 0.237 e. The Morgan fingerprint density at radius 1 is 1.08 bits per heavy atom. The minimum absolute atomic E-state index is 0.571. The van der Waals surface area contributed by atoms with E-state index < -0.39 is 0 Å². The van der Waals surface area contributed by atoms with Gasteiger partial charge in [-0.2, -0.15) is 4.98 Å². The summed E-state index contributed by atoms with van der Waals surface area (Å²) in [6.07, 6.45) is 3.79. The summed E-state index contributed by atoms with van der Waals surface area (Å²) in [7, 11) is 0. The Labute approximate surface area is 156 Å². The van der Waals surface area contributed by atoms with Gasteiger partial charge in [0, 0.05) is 18.0 Å². The highest BCUT2D eigenvalue weighted by Crippen LogP contribution is 2.26. The Morgan fingerprint density at radius 2 is 1.92 bits per heavy atom. The largest absolute Gasteiger partial charge is 0.338 e. The second-order valence-electron chi connectivity index (χ2n) is 6.04. The molecule has 0 unspecified atom stereocenters. The van der Waals surface area contributed by atoms with Crippen LogP contribution < -0.4 is 0 Å². The van der Waals surface area contributed by atoms with Crippen molar-refractivity contribution in [2.75, 3.05) is 0 Å². The average molecular weight is 362 g/mol. The van der Waals surface area contributed by atoms with Gasteiger partial charge in [-0.25, -0.2) is 4.98 Å². The second-order valence-corrected chi connectivity index (χ2v) is 6.98. The van der Waals surface area contributed by atoms with Crippen molar-refractivity contribution in [1.82, 2.24) is 19.7 Å². The molecule has 0 N–H and O–H groups in total. The molecule has 0 fully saturated rings. The van der Waals surface area contributed by atoms with E-state index in [-0.39, 0.29) is 0 Å². The van der Waals surface area contributed by atoms with Crippen molar-refractivity contribution in [3.8, 4) is 17.1 Å². The Kier molecular flexibility index (Phi) is 4.58. The van der Waals surface area contributed by atoms with Crippen LogP contribution in [0.25, 0.3) is 17.1 Å². The number of hydrogen-bond donors (Lipinski definition) is 0. The second kappa shape index (κ2) is 7.17. The Morgan fingerprint density at radius 3 is 2.73 bits per heavy atom. The van der Waals surface area contributed by atoms with Gasteiger partial charge in [-0.05, 0) is 25.5 Å². The van der Waals surface area contributed by atoms with Crippen LogP contribution in [0.1, 0.15) is 17.0 Å². The van der Waals surface area contributed by atoms with Crippen LogP contribution in [0.2, 0.25) is 0 Å². The summed E-state index contributed by atoms with van der Waals surface area (Å²) < 4.78 is 7.47. The van der Waals surface area contributed by atoms with Crippen LogP contribution in [-0.4, -0.2) is 19.7 Å². The SMILES string of the molecule is Cc1ccc(-n2ccnc2SCc2nc(-c3ccccc3)no2)c(C)c1. The summed E-state index contributed by atoms with van der Waals surface area (Å²) >= 11 is 1.58. The summed E-state index contributed by atoms with van der Waals surface area (Å²) in [5, 5.41) is 4.96. The van der Waals surface area contributed by atoms with E-state index in [0.29, 0.717) is 17.5 Å².